The van der Waals surface area contributed by atoms with E-state index in [1.165, 1.54) is 12.3 Å². The zero-order chi connectivity index (χ0) is 14.7. The summed E-state index contributed by atoms with van der Waals surface area (Å²) in [4.78, 5) is 3.87. The molecule has 0 saturated carbocycles. The lowest BCUT2D eigenvalue weighted by molar-refractivity contribution is 0.411. The number of nitrogens with two attached hydrogens (primary N) is 1. The van der Waals surface area contributed by atoms with Crippen LogP contribution in [0.3, 0.4) is 0 Å². The maximum Gasteiger partial charge on any atom is 0.141 e. The van der Waals surface area contributed by atoms with Crippen molar-refractivity contribution in [1.29, 1.82) is 0 Å². The van der Waals surface area contributed by atoms with Gasteiger partial charge < -0.3 is 4.74 Å². The molecule has 2 rings (SSSR count). The van der Waals surface area contributed by atoms with Crippen LogP contribution in [0.25, 0.3) is 0 Å². The summed E-state index contributed by atoms with van der Waals surface area (Å²) in [5.41, 5.74) is 6.38. The van der Waals surface area contributed by atoms with Crippen LogP contribution < -0.4 is 16.0 Å². The van der Waals surface area contributed by atoms with Gasteiger partial charge in [0, 0.05) is 6.20 Å². The van der Waals surface area contributed by atoms with E-state index in [-0.39, 0.29) is 11.9 Å². The molecule has 0 aliphatic heterocycles. The fourth-order valence-corrected chi connectivity index (χ4v) is 2.29. The zero-order valence-electron chi connectivity index (χ0n) is 11.8. The van der Waals surface area contributed by atoms with Gasteiger partial charge in [0.05, 0.1) is 19.3 Å². The van der Waals surface area contributed by atoms with Crippen LogP contribution in [0.15, 0.2) is 30.6 Å². The van der Waals surface area contributed by atoms with Gasteiger partial charge in [-0.1, -0.05) is 6.07 Å². The molecule has 1 heterocycles. The third kappa shape index (κ3) is 2.79. The Labute approximate surface area is 117 Å². The number of benzene rings is 1. The van der Waals surface area contributed by atoms with Gasteiger partial charge in [0.1, 0.15) is 11.6 Å². The molecule has 0 amide bonds. The number of nitrogens with one attached hydrogen (secondary N) is 1. The zero-order valence-corrected chi connectivity index (χ0v) is 11.8. The molecule has 1 aromatic carbocycles. The SMILES string of the molecule is COc1cc(C)c(C(NN)c2cncc(F)c2)cc1C. The van der Waals surface area contributed by atoms with Crippen molar-refractivity contribution in [3.63, 3.8) is 0 Å². The molecule has 4 nitrogen and oxygen atoms in total. The number of pyridine rings is 1. The Morgan fingerprint density at radius 3 is 2.55 bits per heavy atom. The Bertz CT molecular complexity index is 616. The number of nitrogens with zero attached hydrogens (tertiary/aromatic N) is 1. The van der Waals surface area contributed by atoms with E-state index in [1.807, 2.05) is 26.0 Å². The van der Waals surface area contributed by atoms with Crippen molar-refractivity contribution < 1.29 is 9.13 Å². The Hall–Kier alpha value is -1.98. The molecule has 20 heavy (non-hydrogen) atoms. The van der Waals surface area contributed by atoms with Crippen LogP contribution in [0.1, 0.15) is 28.3 Å². The van der Waals surface area contributed by atoms with Gasteiger partial charge in [0.2, 0.25) is 0 Å². The topological polar surface area (TPSA) is 60.2 Å². The van der Waals surface area contributed by atoms with E-state index >= 15 is 0 Å². The quantitative estimate of drug-likeness (QED) is 0.664. The molecule has 0 radical (unpaired) electrons. The van der Waals surface area contributed by atoms with E-state index in [9.17, 15) is 4.39 Å². The first kappa shape index (κ1) is 14.4. The summed E-state index contributed by atoms with van der Waals surface area (Å²) < 4.78 is 18.6. The van der Waals surface area contributed by atoms with Gasteiger partial charge in [0.25, 0.3) is 0 Å². The van der Waals surface area contributed by atoms with Gasteiger partial charge in [-0.25, -0.2) is 9.82 Å². The molecule has 2 aromatic rings. The number of halogens is 1. The van der Waals surface area contributed by atoms with Crippen LogP contribution in [0.4, 0.5) is 4.39 Å². The van der Waals surface area contributed by atoms with Gasteiger partial charge in [-0.05, 0) is 48.2 Å². The van der Waals surface area contributed by atoms with E-state index in [0.29, 0.717) is 5.56 Å². The van der Waals surface area contributed by atoms with Crippen LogP contribution in [-0.4, -0.2) is 12.1 Å². The average Bonchev–Trinajstić information content (AvgIpc) is 2.43. The molecule has 0 saturated heterocycles. The smallest absolute Gasteiger partial charge is 0.141 e. The second-order valence-corrected chi connectivity index (χ2v) is 4.71. The average molecular weight is 275 g/mol. The molecule has 0 bridgehead atoms. The highest BCUT2D eigenvalue weighted by Crippen LogP contribution is 2.29. The molecular weight excluding hydrogens is 257 g/mol. The predicted molar refractivity (Wildman–Crippen MR) is 75.8 cm³/mol. The van der Waals surface area contributed by atoms with Crippen LogP contribution in [0.5, 0.6) is 5.75 Å². The van der Waals surface area contributed by atoms with Crippen LogP contribution in [-0.2, 0) is 0 Å². The van der Waals surface area contributed by atoms with E-state index < -0.39 is 0 Å². The molecule has 0 aliphatic rings. The Morgan fingerprint density at radius 2 is 1.95 bits per heavy atom. The van der Waals surface area contributed by atoms with Gasteiger partial charge in [-0.2, -0.15) is 0 Å². The molecule has 1 aromatic heterocycles. The van der Waals surface area contributed by atoms with E-state index in [4.69, 9.17) is 10.6 Å². The van der Waals surface area contributed by atoms with Crippen molar-refractivity contribution in [2.45, 2.75) is 19.9 Å². The molecule has 1 atom stereocenters. The molecule has 5 heteroatoms. The van der Waals surface area contributed by atoms with Crippen molar-refractivity contribution in [1.82, 2.24) is 10.4 Å². The van der Waals surface area contributed by atoms with Gasteiger partial charge >= 0.3 is 0 Å². The molecule has 106 valence electrons. The maximum atomic E-state index is 13.3. The van der Waals surface area contributed by atoms with E-state index in [2.05, 4.69) is 10.4 Å². The van der Waals surface area contributed by atoms with Crippen molar-refractivity contribution >= 4 is 0 Å². The molecule has 0 aliphatic carbocycles. The largest absolute Gasteiger partial charge is 0.496 e. The number of ether oxygens (including phenoxy) is 1. The lowest BCUT2D eigenvalue weighted by Crippen LogP contribution is -2.29. The number of aryl methyl sites for hydroxylation is 2. The number of rotatable bonds is 4. The summed E-state index contributed by atoms with van der Waals surface area (Å²) in [6.07, 6.45) is 2.77. The summed E-state index contributed by atoms with van der Waals surface area (Å²) in [6, 6.07) is 5.05. The minimum absolute atomic E-state index is 0.317. The number of hydrogen-bond donors (Lipinski definition) is 2. The third-order valence-corrected chi connectivity index (χ3v) is 3.32. The van der Waals surface area contributed by atoms with E-state index in [1.54, 1.807) is 13.3 Å². The van der Waals surface area contributed by atoms with Crippen LogP contribution in [0, 0.1) is 19.7 Å². The van der Waals surface area contributed by atoms with Crippen molar-refractivity contribution in [2.24, 2.45) is 5.84 Å². The summed E-state index contributed by atoms with van der Waals surface area (Å²) in [5, 5.41) is 0. The Balaban J connectivity index is 2.49. The summed E-state index contributed by atoms with van der Waals surface area (Å²) in [5.74, 6) is 6.08. The van der Waals surface area contributed by atoms with Crippen molar-refractivity contribution in [3.05, 3.63) is 58.7 Å². The van der Waals surface area contributed by atoms with Crippen LogP contribution in [0.2, 0.25) is 0 Å². The third-order valence-electron chi connectivity index (χ3n) is 3.32. The minimum atomic E-state index is -0.384. The molecule has 3 N–H and O–H groups in total. The lowest BCUT2D eigenvalue weighted by atomic mass is 9.94. The van der Waals surface area contributed by atoms with Gasteiger partial charge in [0.15, 0.2) is 0 Å². The summed E-state index contributed by atoms with van der Waals surface area (Å²) in [7, 11) is 1.64. The highest BCUT2D eigenvalue weighted by Gasteiger charge is 2.17. The monoisotopic (exact) mass is 275 g/mol. The Morgan fingerprint density at radius 1 is 1.20 bits per heavy atom. The lowest BCUT2D eigenvalue weighted by Gasteiger charge is -2.20. The maximum absolute atomic E-state index is 13.3. The number of methoxy groups -OCH3 is 1. The second-order valence-electron chi connectivity index (χ2n) is 4.71. The Kier molecular flexibility index (Phi) is 4.32. The fourth-order valence-electron chi connectivity index (χ4n) is 2.29. The normalized spacial score (nSPS) is 12.2. The van der Waals surface area contributed by atoms with Gasteiger partial charge in [-0.15, -0.1) is 0 Å². The first-order valence-corrected chi connectivity index (χ1v) is 6.28. The standard InChI is InChI=1S/C15H18FN3O/c1-9-5-14(20-3)10(2)4-13(9)15(19-17)11-6-12(16)8-18-7-11/h4-8,15,19H,17H2,1-3H3. The molecule has 1 unspecified atom stereocenters. The second kappa shape index (κ2) is 5.98. The first-order chi connectivity index (χ1) is 9.56. The van der Waals surface area contributed by atoms with E-state index in [0.717, 1.165) is 22.4 Å². The number of hydrogen-bond acceptors (Lipinski definition) is 4. The predicted octanol–water partition coefficient (Wildman–Crippen LogP) is 2.40. The first-order valence-electron chi connectivity index (χ1n) is 6.28. The van der Waals surface area contributed by atoms with Crippen molar-refractivity contribution in [2.75, 3.05) is 7.11 Å². The van der Waals surface area contributed by atoms with Crippen molar-refractivity contribution in [3.8, 4) is 5.75 Å². The summed E-state index contributed by atoms with van der Waals surface area (Å²) in [6.45, 7) is 3.92. The summed E-state index contributed by atoms with van der Waals surface area (Å²) >= 11 is 0. The van der Waals surface area contributed by atoms with Crippen LogP contribution >= 0.6 is 0 Å². The molecular formula is C15H18FN3O. The number of aromatic nitrogens is 1. The highest BCUT2D eigenvalue weighted by atomic mass is 19.1. The van der Waals surface area contributed by atoms with Gasteiger partial charge in [-0.3, -0.25) is 10.8 Å². The number of hydrazine groups is 1. The minimum Gasteiger partial charge on any atom is -0.496 e. The fraction of sp³-hybridized carbons (Fsp3) is 0.267. The molecule has 0 fully saturated rings. The highest BCUT2D eigenvalue weighted by molar-refractivity contribution is 5.45. The molecule has 0 spiro atoms.